The molecule has 0 radical (unpaired) electrons. The van der Waals surface area contributed by atoms with Gasteiger partial charge in [0.2, 0.25) is 12.7 Å². The first-order valence-corrected chi connectivity index (χ1v) is 8.26. The van der Waals surface area contributed by atoms with Crippen LogP contribution in [0.3, 0.4) is 0 Å². The molecule has 2 aromatic carbocycles. The van der Waals surface area contributed by atoms with E-state index in [1.807, 2.05) is 47.4 Å². The second-order valence-electron chi connectivity index (χ2n) is 6.07. The van der Waals surface area contributed by atoms with Crippen molar-refractivity contribution < 1.29 is 14.3 Å². The molecule has 0 unspecified atom stereocenters. The van der Waals surface area contributed by atoms with Gasteiger partial charge in [-0.1, -0.05) is 30.3 Å². The molecule has 2 heterocycles. The standard InChI is InChI=1S/C19H20N2O3/c22-19(12-15-4-2-1-3-5-15)21-10-8-20(9-11-21)16-6-7-17-18(13-16)24-14-23-17/h1-7,13H,8-12,14H2. The van der Waals surface area contributed by atoms with Crippen LogP contribution in [0.5, 0.6) is 11.5 Å². The van der Waals surface area contributed by atoms with Gasteiger partial charge in [0, 0.05) is 37.9 Å². The molecule has 0 spiro atoms. The first-order valence-electron chi connectivity index (χ1n) is 8.26. The Kier molecular flexibility index (Phi) is 3.99. The van der Waals surface area contributed by atoms with Crippen molar-refractivity contribution in [3.05, 3.63) is 54.1 Å². The molecule has 0 saturated carbocycles. The van der Waals surface area contributed by atoms with Crippen molar-refractivity contribution in [2.75, 3.05) is 37.9 Å². The molecule has 124 valence electrons. The largest absolute Gasteiger partial charge is 0.454 e. The minimum atomic E-state index is 0.200. The average Bonchev–Trinajstić information content (AvgIpc) is 3.10. The van der Waals surface area contributed by atoms with Crippen LogP contribution < -0.4 is 14.4 Å². The van der Waals surface area contributed by atoms with Gasteiger partial charge in [-0.15, -0.1) is 0 Å². The van der Waals surface area contributed by atoms with Crippen LogP contribution in [0.25, 0.3) is 0 Å². The fraction of sp³-hybridized carbons (Fsp3) is 0.316. The van der Waals surface area contributed by atoms with E-state index in [0.717, 1.165) is 48.9 Å². The van der Waals surface area contributed by atoms with E-state index in [1.165, 1.54) is 0 Å². The van der Waals surface area contributed by atoms with Gasteiger partial charge in [-0.2, -0.15) is 0 Å². The first kappa shape index (κ1) is 14.9. The second kappa shape index (κ2) is 6.43. The minimum Gasteiger partial charge on any atom is -0.454 e. The van der Waals surface area contributed by atoms with Crippen molar-refractivity contribution >= 4 is 11.6 Å². The third kappa shape index (κ3) is 3.02. The van der Waals surface area contributed by atoms with Gasteiger partial charge in [-0.25, -0.2) is 0 Å². The fourth-order valence-corrected chi connectivity index (χ4v) is 3.18. The number of fused-ring (bicyclic) bond motifs is 1. The molecule has 1 saturated heterocycles. The van der Waals surface area contributed by atoms with Crippen LogP contribution in [0.1, 0.15) is 5.56 Å². The highest BCUT2D eigenvalue weighted by Gasteiger charge is 2.23. The number of benzene rings is 2. The van der Waals surface area contributed by atoms with Gasteiger partial charge in [0.1, 0.15) is 0 Å². The maximum Gasteiger partial charge on any atom is 0.231 e. The lowest BCUT2D eigenvalue weighted by Gasteiger charge is -2.36. The van der Waals surface area contributed by atoms with Gasteiger partial charge in [-0.3, -0.25) is 4.79 Å². The van der Waals surface area contributed by atoms with Gasteiger partial charge >= 0.3 is 0 Å². The molecule has 2 aromatic rings. The summed E-state index contributed by atoms with van der Waals surface area (Å²) in [4.78, 5) is 16.7. The molecule has 2 aliphatic rings. The quantitative estimate of drug-likeness (QED) is 0.869. The van der Waals surface area contributed by atoms with Crippen LogP contribution >= 0.6 is 0 Å². The molecule has 0 aliphatic carbocycles. The number of nitrogens with zero attached hydrogens (tertiary/aromatic N) is 2. The van der Waals surface area contributed by atoms with Crippen LogP contribution in [0.2, 0.25) is 0 Å². The zero-order chi connectivity index (χ0) is 16.4. The molecule has 5 nitrogen and oxygen atoms in total. The molecule has 24 heavy (non-hydrogen) atoms. The van der Waals surface area contributed by atoms with Gasteiger partial charge in [0.15, 0.2) is 11.5 Å². The van der Waals surface area contributed by atoms with E-state index in [9.17, 15) is 4.79 Å². The van der Waals surface area contributed by atoms with E-state index in [-0.39, 0.29) is 5.91 Å². The van der Waals surface area contributed by atoms with Crippen LogP contribution in [0.4, 0.5) is 5.69 Å². The van der Waals surface area contributed by atoms with Crippen molar-refractivity contribution in [3.8, 4) is 11.5 Å². The maximum absolute atomic E-state index is 12.4. The van der Waals surface area contributed by atoms with E-state index >= 15 is 0 Å². The number of piperazine rings is 1. The van der Waals surface area contributed by atoms with E-state index in [1.54, 1.807) is 0 Å². The molecular formula is C19H20N2O3. The predicted molar refractivity (Wildman–Crippen MR) is 91.5 cm³/mol. The summed E-state index contributed by atoms with van der Waals surface area (Å²) in [5.74, 6) is 1.80. The van der Waals surface area contributed by atoms with Crippen LogP contribution in [-0.4, -0.2) is 43.8 Å². The SMILES string of the molecule is O=C(Cc1ccccc1)N1CCN(c2ccc3c(c2)OCO3)CC1. The fourth-order valence-electron chi connectivity index (χ4n) is 3.18. The molecule has 0 atom stereocenters. The lowest BCUT2D eigenvalue weighted by atomic mass is 10.1. The Morgan fingerprint density at radius 3 is 2.46 bits per heavy atom. The molecule has 1 fully saturated rings. The lowest BCUT2D eigenvalue weighted by molar-refractivity contribution is -0.130. The van der Waals surface area contributed by atoms with Crippen LogP contribution in [-0.2, 0) is 11.2 Å². The molecular weight excluding hydrogens is 304 g/mol. The van der Waals surface area contributed by atoms with E-state index in [2.05, 4.69) is 11.0 Å². The maximum atomic E-state index is 12.4. The summed E-state index contributed by atoms with van der Waals surface area (Å²) in [5.41, 5.74) is 2.19. The van der Waals surface area contributed by atoms with Crippen molar-refractivity contribution in [3.63, 3.8) is 0 Å². The van der Waals surface area contributed by atoms with Crippen molar-refractivity contribution in [2.24, 2.45) is 0 Å². The van der Waals surface area contributed by atoms with Gasteiger partial charge < -0.3 is 19.3 Å². The van der Waals surface area contributed by atoms with E-state index in [4.69, 9.17) is 9.47 Å². The normalized spacial score (nSPS) is 16.3. The van der Waals surface area contributed by atoms with Gasteiger partial charge in [0.25, 0.3) is 0 Å². The number of carbonyl (C=O) groups is 1. The summed E-state index contributed by atoms with van der Waals surface area (Å²) in [6, 6.07) is 15.9. The molecule has 2 aliphatic heterocycles. The number of carbonyl (C=O) groups excluding carboxylic acids is 1. The second-order valence-corrected chi connectivity index (χ2v) is 6.07. The van der Waals surface area contributed by atoms with Crippen molar-refractivity contribution in [1.29, 1.82) is 0 Å². The summed E-state index contributed by atoms with van der Waals surface area (Å²) >= 11 is 0. The molecule has 1 amide bonds. The van der Waals surface area contributed by atoms with Crippen LogP contribution in [0.15, 0.2) is 48.5 Å². The Labute approximate surface area is 141 Å². The van der Waals surface area contributed by atoms with Crippen molar-refractivity contribution in [1.82, 2.24) is 4.90 Å². The average molecular weight is 324 g/mol. The highest BCUT2D eigenvalue weighted by Crippen LogP contribution is 2.35. The Hall–Kier alpha value is -2.69. The number of ether oxygens (including phenoxy) is 2. The molecule has 0 aromatic heterocycles. The Balaban J connectivity index is 1.35. The Morgan fingerprint density at radius 2 is 1.67 bits per heavy atom. The summed E-state index contributed by atoms with van der Waals surface area (Å²) in [6.45, 7) is 3.46. The lowest BCUT2D eigenvalue weighted by Crippen LogP contribution is -2.49. The topological polar surface area (TPSA) is 42.0 Å². The number of amides is 1. The molecule has 0 bridgehead atoms. The zero-order valence-corrected chi connectivity index (χ0v) is 13.5. The molecule has 5 heteroatoms. The van der Waals surface area contributed by atoms with Gasteiger partial charge in [-0.05, 0) is 17.7 Å². The highest BCUT2D eigenvalue weighted by molar-refractivity contribution is 5.79. The third-order valence-corrected chi connectivity index (χ3v) is 4.55. The van der Waals surface area contributed by atoms with E-state index in [0.29, 0.717) is 13.2 Å². The summed E-state index contributed by atoms with van der Waals surface area (Å²) in [6.07, 6.45) is 0.477. The number of anilines is 1. The zero-order valence-electron chi connectivity index (χ0n) is 13.5. The summed E-state index contributed by atoms with van der Waals surface area (Å²) in [5, 5.41) is 0. The monoisotopic (exact) mass is 324 g/mol. The van der Waals surface area contributed by atoms with Crippen molar-refractivity contribution in [2.45, 2.75) is 6.42 Å². The summed E-state index contributed by atoms with van der Waals surface area (Å²) < 4.78 is 10.8. The molecule has 4 rings (SSSR count). The Morgan fingerprint density at radius 1 is 0.917 bits per heavy atom. The third-order valence-electron chi connectivity index (χ3n) is 4.55. The number of hydrogen-bond donors (Lipinski definition) is 0. The first-order chi connectivity index (χ1) is 11.8. The number of rotatable bonds is 3. The highest BCUT2D eigenvalue weighted by atomic mass is 16.7. The predicted octanol–water partition coefficient (Wildman–Crippen LogP) is 2.31. The van der Waals surface area contributed by atoms with Crippen LogP contribution in [0, 0.1) is 0 Å². The molecule has 0 N–H and O–H groups in total. The minimum absolute atomic E-state index is 0.200. The van der Waals surface area contributed by atoms with Gasteiger partial charge in [0.05, 0.1) is 6.42 Å². The number of hydrogen-bond acceptors (Lipinski definition) is 4. The summed E-state index contributed by atoms with van der Waals surface area (Å²) in [7, 11) is 0. The Bertz CT molecular complexity index is 725. The smallest absolute Gasteiger partial charge is 0.231 e. The van der Waals surface area contributed by atoms with E-state index < -0.39 is 0 Å².